The van der Waals surface area contributed by atoms with Crippen LogP contribution >= 0.6 is 0 Å². The fraction of sp³-hybridized carbons (Fsp3) is 0.500. The number of cyclic esters (lactones) is 1. The van der Waals surface area contributed by atoms with Crippen LogP contribution in [0.5, 0.6) is 0 Å². The van der Waals surface area contributed by atoms with Crippen molar-refractivity contribution in [1.29, 1.82) is 0 Å². The zero-order valence-electron chi connectivity index (χ0n) is 3.97. The molecule has 0 saturated carbocycles. The lowest BCUT2D eigenvalue weighted by Crippen LogP contribution is -1.92. The van der Waals surface area contributed by atoms with Crippen molar-refractivity contribution >= 4 is 11.8 Å². The van der Waals surface area contributed by atoms with Crippen LogP contribution in [0.3, 0.4) is 0 Å². The van der Waals surface area contributed by atoms with Gasteiger partial charge in [0, 0.05) is 0 Å². The lowest BCUT2D eigenvalue weighted by Gasteiger charge is -1.81. The molecular weight excluding hydrogens is 94.0 g/mol. The smallest absolute Gasteiger partial charge is 0.433 e. The molecule has 1 amide bonds. The van der Waals surface area contributed by atoms with Crippen LogP contribution in [0, 0.1) is 0 Å². The van der Waals surface area contributed by atoms with Crippen molar-refractivity contribution in [2.75, 3.05) is 6.61 Å². The molecular formula is C4H5NO2. The van der Waals surface area contributed by atoms with Gasteiger partial charge >= 0.3 is 6.09 Å². The van der Waals surface area contributed by atoms with E-state index in [9.17, 15) is 4.79 Å². The van der Waals surface area contributed by atoms with E-state index >= 15 is 0 Å². The highest BCUT2D eigenvalue weighted by Gasteiger charge is 2.08. The maximum Gasteiger partial charge on any atom is 0.433 e. The molecule has 0 aromatic heterocycles. The molecule has 0 radical (unpaired) electrons. The van der Waals surface area contributed by atoms with Gasteiger partial charge in [0.25, 0.3) is 0 Å². The maximum atomic E-state index is 10.0. The van der Waals surface area contributed by atoms with Crippen LogP contribution in [-0.4, -0.2) is 18.4 Å². The summed E-state index contributed by atoms with van der Waals surface area (Å²) in [5.41, 5.74) is 0.755. The SMILES string of the molecule is CC1=NC(=O)OC1. The number of hydrogen-bond acceptors (Lipinski definition) is 2. The molecule has 3 nitrogen and oxygen atoms in total. The van der Waals surface area contributed by atoms with Crippen LogP contribution in [0.2, 0.25) is 0 Å². The number of hydrogen-bond donors (Lipinski definition) is 0. The Bertz CT molecular complexity index is 128. The molecule has 0 unspecified atom stereocenters. The van der Waals surface area contributed by atoms with E-state index in [4.69, 9.17) is 0 Å². The summed E-state index contributed by atoms with van der Waals surface area (Å²) in [6.45, 7) is 2.13. The van der Waals surface area contributed by atoms with Crippen molar-refractivity contribution in [2.24, 2.45) is 4.99 Å². The first kappa shape index (κ1) is 4.30. The average Bonchev–Trinajstić information content (AvgIpc) is 1.87. The zero-order chi connectivity index (χ0) is 5.28. The monoisotopic (exact) mass is 99.0 g/mol. The first-order valence-electron chi connectivity index (χ1n) is 2.00. The summed E-state index contributed by atoms with van der Waals surface area (Å²) in [6, 6.07) is 0. The van der Waals surface area contributed by atoms with Gasteiger partial charge in [-0.05, 0) is 6.92 Å². The minimum absolute atomic E-state index is 0.374. The van der Waals surface area contributed by atoms with E-state index in [2.05, 4.69) is 9.73 Å². The predicted molar refractivity (Wildman–Crippen MR) is 24.5 cm³/mol. The summed E-state index contributed by atoms with van der Waals surface area (Å²) in [4.78, 5) is 13.5. The average molecular weight is 99.1 g/mol. The van der Waals surface area contributed by atoms with Crippen LogP contribution < -0.4 is 0 Å². The molecule has 0 bridgehead atoms. The van der Waals surface area contributed by atoms with Crippen LogP contribution in [-0.2, 0) is 4.74 Å². The van der Waals surface area contributed by atoms with Gasteiger partial charge in [-0.2, -0.15) is 4.99 Å². The fourth-order valence-corrected chi connectivity index (χ4v) is 0.387. The topological polar surface area (TPSA) is 38.7 Å². The van der Waals surface area contributed by atoms with Gasteiger partial charge < -0.3 is 4.74 Å². The van der Waals surface area contributed by atoms with Gasteiger partial charge in [0.15, 0.2) is 0 Å². The summed E-state index contributed by atoms with van der Waals surface area (Å²) in [5, 5.41) is 0. The first-order chi connectivity index (χ1) is 3.29. The Morgan fingerprint density at radius 2 is 2.57 bits per heavy atom. The van der Waals surface area contributed by atoms with Crippen molar-refractivity contribution < 1.29 is 9.53 Å². The van der Waals surface area contributed by atoms with Gasteiger partial charge in [0.2, 0.25) is 0 Å². The Hall–Kier alpha value is -0.860. The molecule has 0 fully saturated rings. The zero-order valence-corrected chi connectivity index (χ0v) is 3.97. The minimum Gasteiger partial charge on any atom is -0.442 e. The summed E-state index contributed by atoms with van der Waals surface area (Å²) >= 11 is 0. The van der Waals surface area contributed by atoms with Crippen LogP contribution in [0.25, 0.3) is 0 Å². The van der Waals surface area contributed by atoms with E-state index in [0.29, 0.717) is 6.61 Å². The number of amides is 1. The Balaban J connectivity index is 2.67. The number of ether oxygens (including phenoxy) is 1. The van der Waals surface area contributed by atoms with E-state index in [-0.39, 0.29) is 0 Å². The summed E-state index contributed by atoms with van der Waals surface area (Å²) in [5.74, 6) is 0. The van der Waals surface area contributed by atoms with Crippen molar-refractivity contribution in [2.45, 2.75) is 6.92 Å². The first-order valence-corrected chi connectivity index (χ1v) is 2.00. The quantitative estimate of drug-likeness (QED) is 0.446. The highest BCUT2D eigenvalue weighted by atomic mass is 16.6. The fourth-order valence-electron chi connectivity index (χ4n) is 0.387. The second kappa shape index (κ2) is 1.33. The van der Waals surface area contributed by atoms with Gasteiger partial charge in [-0.3, -0.25) is 0 Å². The van der Waals surface area contributed by atoms with Crippen LogP contribution in [0.1, 0.15) is 6.92 Å². The van der Waals surface area contributed by atoms with E-state index < -0.39 is 6.09 Å². The summed E-state index contributed by atoms with van der Waals surface area (Å²) in [6.07, 6.45) is -0.461. The highest BCUT2D eigenvalue weighted by molar-refractivity contribution is 5.97. The molecule has 1 rings (SSSR count). The Labute approximate surface area is 41.0 Å². The number of carbonyl (C=O) groups excluding carboxylic acids is 1. The number of nitrogens with zero attached hydrogens (tertiary/aromatic N) is 1. The number of aliphatic imine (C=N–C) groups is 1. The number of rotatable bonds is 0. The third kappa shape index (κ3) is 0.765. The van der Waals surface area contributed by atoms with Crippen LogP contribution in [0.15, 0.2) is 4.99 Å². The lowest BCUT2D eigenvalue weighted by molar-refractivity contribution is 0.181. The molecule has 0 saturated heterocycles. The molecule has 1 aliphatic heterocycles. The Morgan fingerprint density at radius 3 is 2.71 bits per heavy atom. The maximum absolute atomic E-state index is 10.0. The summed E-state index contributed by atoms with van der Waals surface area (Å²) < 4.78 is 4.42. The van der Waals surface area contributed by atoms with E-state index in [1.807, 2.05) is 0 Å². The lowest BCUT2D eigenvalue weighted by atomic mass is 10.5. The molecule has 38 valence electrons. The van der Waals surface area contributed by atoms with Gasteiger partial charge in [0.05, 0.1) is 5.71 Å². The minimum atomic E-state index is -0.461. The normalized spacial score (nSPS) is 19.0. The standard InChI is InChI=1S/C4H5NO2/c1-3-2-7-4(6)5-3/h2H2,1H3. The van der Waals surface area contributed by atoms with E-state index in [1.54, 1.807) is 6.92 Å². The van der Waals surface area contributed by atoms with Gasteiger partial charge in [-0.25, -0.2) is 4.79 Å². The molecule has 0 aromatic carbocycles. The Kier molecular flexibility index (Phi) is 0.817. The third-order valence-corrected chi connectivity index (χ3v) is 0.687. The largest absolute Gasteiger partial charge is 0.442 e. The van der Waals surface area contributed by atoms with E-state index in [0.717, 1.165) is 5.71 Å². The molecule has 0 aliphatic carbocycles. The van der Waals surface area contributed by atoms with Crippen molar-refractivity contribution in [3.63, 3.8) is 0 Å². The molecule has 0 aromatic rings. The Morgan fingerprint density at radius 1 is 1.86 bits per heavy atom. The highest BCUT2D eigenvalue weighted by Crippen LogP contribution is 1.94. The number of carbonyl (C=O) groups is 1. The predicted octanol–water partition coefficient (Wildman–Crippen LogP) is 0.598. The summed E-state index contributed by atoms with van der Waals surface area (Å²) in [7, 11) is 0. The molecule has 3 heteroatoms. The van der Waals surface area contributed by atoms with Crippen molar-refractivity contribution in [1.82, 2.24) is 0 Å². The molecule has 1 aliphatic rings. The molecule has 7 heavy (non-hydrogen) atoms. The second-order valence-electron chi connectivity index (χ2n) is 1.40. The van der Waals surface area contributed by atoms with E-state index in [1.165, 1.54) is 0 Å². The molecule has 1 heterocycles. The third-order valence-electron chi connectivity index (χ3n) is 0.687. The molecule has 0 N–H and O–H groups in total. The van der Waals surface area contributed by atoms with Gasteiger partial charge in [-0.1, -0.05) is 0 Å². The van der Waals surface area contributed by atoms with Crippen molar-refractivity contribution in [3.05, 3.63) is 0 Å². The second-order valence-corrected chi connectivity index (χ2v) is 1.40. The van der Waals surface area contributed by atoms with Crippen LogP contribution in [0.4, 0.5) is 4.79 Å². The van der Waals surface area contributed by atoms with Crippen molar-refractivity contribution in [3.8, 4) is 0 Å². The molecule has 0 atom stereocenters. The van der Waals surface area contributed by atoms with Gasteiger partial charge in [0.1, 0.15) is 6.61 Å². The van der Waals surface area contributed by atoms with Gasteiger partial charge in [-0.15, -0.1) is 0 Å². The molecule has 0 spiro atoms.